The molecule has 0 spiro atoms. The molecule has 0 unspecified atom stereocenters. The molecule has 63 valence electrons. The molecule has 0 saturated carbocycles. The molecule has 0 saturated heterocycles. The number of aliphatic hydroxyl groups is 1. The first-order chi connectivity index (χ1) is 5.65. The van der Waals surface area contributed by atoms with E-state index in [1.807, 2.05) is 0 Å². The highest BCUT2D eigenvalue weighted by atomic mass is 16.6. The Kier molecular flexibility index (Phi) is 2.40. The van der Waals surface area contributed by atoms with Gasteiger partial charge in [0.1, 0.15) is 6.61 Å². The lowest BCUT2D eigenvalue weighted by Crippen LogP contribution is -1.91. The number of rotatable bonds is 2. The van der Waals surface area contributed by atoms with Crippen molar-refractivity contribution >= 4 is 5.69 Å². The van der Waals surface area contributed by atoms with Crippen LogP contribution < -0.4 is 0 Å². The molecule has 0 heterocycles. The smallest absolute Gasteiger partial charge is 0.269 e. The van der Waals surface area contributed by atoms with Crippen molar-refractivity contribution in [2.24, 2.45) is 0 Å². The van der Waals surface area contributed by atoms with Gasteiger partial charge in [-0.25, -0.2) is 0 Å². The van der Waals surface area contributed by atoms with E-state index in [1.165, 1.54) is 12.1 Å². The van der Waals surface area contributed by atoms with Gasteiger partial charge in [-0.1, -0.05) is 6.07 Å². The van der Waals surface area contributed by atoms with E-state index in [4.69, 9.17) is 5.11 Å². The highest BCUT2D eigenvalue weighted by Crippen LogP contribution is 2.17. The van der Waals surface area contributed by atoms with Crippen LogP contribution in [-0.4, -0.2) is 10.0 Å². The minimum atomic E-state index is -0.494. The first-order valence-electron chi connectivity index (χ1n) is 3.37. The quantitative estimate of drug-likeness (QED) is 0.538. The lowest BCUT2D eigenvalue weighted by atomic mass is 10.1. The largest absolute Gasteiger partial charge is 0.385 e. The molecule has 1 N–H and O–H groups in total. The highest BCUT2D eigenvalue weighted by molar-refractivity contribution is 5.41. The molecule has 0 aromatic heterocycles. The lowest BCUT2D eigenvalue weighted by Gasteiger charge is -1.99. The van der Waals surface area contributed by atoms with Crippen LogP contribution in [0.1, 0.15) is 11.1 Å². The molecule has 1 rings (SSSR count). The van der Waals surface area contributed by atoms with Gasteiger partial charge in [-0.15, -0.1) is 0 Å². The zero-order valence-corrected chi connectivity index (χ0v) is 6.52. The third-order valence-corrected chi connectivity index (χ3v) is 1.61. The van der Waals surface area contributed by atoms with Gasteiger partial charge in [-0.05, 0) is 18.1 Å². The molecule has 0 bridgehead atoms. The summed E-state index contributed by atoms with van der Waals surface area (Å²) in [5, 5.41) is 19.0. The van der Waals surface area contributed by atoms with Crippen molar-refractivity contribution in [2.75, 3.05) is 0 Å². The summed E-state index contributed by atoms with van der Waals surface area (Å²) in [6.07, 6.45) is 0. The second-order valence-corrected chi connectivity index (χ2v) is 2.43. The molecule has 0 aliphatic rings. The van der Waals surface area contributed by atoms with Crippen molar-refractivity contribution in [2.45, 2.75) is 6.92 Å². The number of nitrogens with zero attached hydrogens (tertiary/aromatic N) is 1. The average Bonchev–Trinajstić information content (AvgIpc) is 2.05. The predicted octanol–water partition coefficient (Wildman–Crippen LogP) is 1.79. The predicted molar refractivity (Wildman–Crippen MR) is 43.2 cm³/mol. The molecule has 0 aliphatic carbocycles. The Balaban J connectivity index is 3.13. The van der Waals surface area contributed by atoms with Crippen molar-refractivity contribution in [1.82, 2.24) is 0 Å². The molecule has 0 fully saturated rings. The number of aliphatic hydroxyl groups excluding tert-OH is 1. The summed E-state index contributed by atoms with van der Waals surface area (Å²) in [5.41, 5.74) is 1.27. The summed E-state index contributed by atoms with van der Waals surface area (Å²) >= 11 is 0. The van der Waals surface area contributed by atoms with Crippen LogP contribution in [0.4, 0.5) is 5.69 Å². The maximum absolute atomic E-state index is 10.3. The fraction of sp³-hybridized carbons (Fsp3) is 0.125. The van der Waals surface area contributed by atoms with Crippen molar-refractivity contribution < 1.29 is 10.0 Å². The number of non-ortho nitro benzene ring substituents is 1. The highest BCUT2D eigenvalue weighted by Gasteiger charge is 2.07. The summed E-state index contributed by atoms with van der Waals surface area (Å²) in [5.74, 6) is 0. The zero-order valence-electron chi connectivity index (χ0n) is 6.52. The van der Waals surface area contributed by atoms with E-state index in [-0.39, 0.29) is 5.69 Å². The van der Waals surface area contributed by atoms with Gasteiger partial charge < -0.3 is 5.11 Å². The summed E-state index contributed by atoms with van der Waals surface area (Å²) in [7, 11) is 0. The van der Waals surface area contributed by atoms with E-state index in [1.54, 1.807) is 13.0 Å². The van der Waals surface area contributed by atoms with Gasteiger partial charge in [0.25, 0.3) is 5.69 Å². The van der Waals surface area contributed by atoms with Gasteiger partial charge in [-0.2, -0.15) is 0 Å². The molecule has 1 aromatic carbocycles. The van der Waals surface area contributed by atoms with Crippen molar-refractivity contribution in [3.05, 3.63) is 46.0 Å². The normalized spacial score (nSPS) is 9.83. The second-order valence-electron chi connectivity index (χ2n) is 2.43. The summed E-state index contributed by atoms with van der Waals surface area (Å²) in [6, 6.07) is 4.33. The van der Waals surface area contributed by atoms with Crippen LogP contribution >= 0.6 is 0 Å². The third kappa shape index (κ3) is 1.60. The standard InChI is InChI=1S/C8H8NO3/c1-6-2-3-8(9(11)12)4-7(6)5-10/h2-5,10H,1H3. The number of benzene rings is 1. The topological polar surface area (TPSA) is 63.4 Å². The van der Waals surface area contributed by atoms with Gasteiger partial charge in [0.15, 0.2) is 0 Å². The summed E-state index contributed by atoms with van der Waals surface area (Å²) in [4.78, 5) is 9.80. The Morgan fingerprint density at radius 1 is 1.58 bits per heavy atom. The molecule has 0 atom stereocenters. The van der Waals surface area contributed by atoms with E-state index in [0.29, 0.717) is 5.56 Å². The Morgan fingerprint density at radius 2 is 2.25 bits per heavy atom. The van der Waals surface area contributed by atoms with Crippen LogP contribution in [0.2, 0.25) is 0 Å². The maximum atomic E-state index is 10.3. The minimum Gasteiger partial charge on any atom is -0.385 e. The number of hydrogen-bond acceptors (Lipinski definition) is 3. The van der Waals surface area contributed by atoms with Gasteiger partial charge in [0, 0.05) is 12.1 Å². The van der Waals surface area contributed by atoms with Crippen molar-refractivity contribution in [1.29, 1.82) is 0 Å². The van der Waals surface area contributed by atoms with E-state index >= 15 is 0 Å². The SMILES string of the molecule is Cc1ccc([N+](=O)[O-])cc1[CH]O. The molecule has 1 aromatic rings. The van der Waals surface area contributed by atoms with Crippen LogP contribution in [-0.2, 0) is 0 Å². The second kappa shape index (κ2) is 3.32. The number of aryl methyl sites for hydroxylation is 1. The van der Waals surface area contributed by atoms with Crippen LogP contribution in [0.5, 0.6) is 0 Å². The zero-order chi connectivity index (χ0) is 9.14. The first-order valence-corrected chi connectivity index (χ1v) is 3.37. The number of hydrogen-bond donors (Lipinski definition) is 1. The molecule has 4 heteroatoms. The summed E-state index contributed by atoms with van der Waals surface area (Å²) < 4.78 is 0. The van der Waals surface area contributed by atoms with E-state index < -0.39 is 4.92 Å². The monoisotopic (exact) mass is 166 g/mol. The maximum Gasteiger partial charge on any atom is 0.269 e. The lowest BCUT2D eigenvalue weighted by molar-refractivity contribution is -0.384. The molecular formula is C8H8NO3. The van der Waals surface area contributed by atoms with Gasteiger partial charge >= 0.3 is 0 Å². The molecular weight excluding hydrogens is 158 g/mol. The Morgan fingerprint density at radius 3 is 2.75 bits per heavy atom. The third-order valence-electron chi connectivity index (χ3n) is 1.61. The van der Waals surface area contributed by atoms with Crippen LogP contribution in [0.15, 0.2) is 18.2 Å². The van der Waals surface area contributed by atoms with Gasteiger partial charge in [-0.3, -0.25) is 10.1 Å². The minimum absolute atomic E-state index is 0.0131. The van der Waals surface area contributed by atoms with Crippen LogP contribution in [0.3, 0.4) is 0 Å². The Bertz CT molecular complexity index is 309. The van der Waals surface area contributed by atoms with Crippen molar-refractivity contribution in [3.63, 3.8) is 0 Å². The van der Waals surface area contributed by atoms with Crippen LogP contribution in [0, 0.1) is 23.6 Å². The number of nitro groups is 1. The van der Waals surface area contributed by atoms with Gasteiger partial charge in [0.2, 0.25) is 0 Å². The average molecular weight is 166 g/mol. The molecule has 1 radical (unpaired) electrons. The molecule has 4 nitrogen and oxygen atoms in total. The Labute approximate surface area is 69.6 Å². The van der Waals surface area contributed by atoms with E-state index in [2.05, 4.69) is 0 Å². The number of nitro benzene ring substituents is 1. The first kappa shape index (κ1) is 8.67. The fourth-order valence-electron chi connectivity index (χ4n) is 0.881. The Hall–Kier alpha value is -1.42. The van der Waals surface area contributed by atoms with E-state index in [0.717, 1.165) is 12.2 Å². The summed E-state index contributed by atoms with van der Waals surface area (Å²) in [6.45, 7) is 2.63. The molecule has 12 heavy (non-hydrogen) atoms. The van der Waals surface area contributed by atoms with Crippen LogP contribution in [0.25, 0.3) is 0 Å². The van der Waals surface area contributed by atoms with E-state index in [9.17, 15) is 10.1 Å². The molecule has 0 aliphatic heterocycles. The van der Waals surface area contributed by atoms with Crippen molar-refractivity contribution in [3.8, 4) is 0 Å². The van der Waals surface area contributed by atoms with Gasteiger partial charge in [0.05, 0.1) is 4.92 Å². The fourth-order valence-corrected chi connectivity index (χ4v) is 0.881. The molecule has 0 amide bonds.